The van der Waals surface area contributed by atoms with E-state index in [-0.39, 0.29) is 0 Å². The highest BCUT2D eigenvalue weighted by Crippen LogP contribution is 2.38. The molecule has 0 unspecified atom stereocenters. The summed E-state index contributed by atoms with van der Waals surface area (Å²) in [5, 5.41) is 8.92. The first-order valence-corrected chi connectivity index (χ1v) is 7.56. The number of phenolic OH excluding ortho intramolecular Hbond substituents is 1. The number of nitrogen functional groups attached to an aromatic ring is 2. The van der Waals surface area contributed by atoms with Crippen molar-refractivity contribution in [2.45, 2.75) is 13.3 Å². The van der Waals surface area contributed by atoms with Gasteiger partial charge in [-0.2, -0.15) is 0 Å². The fourth-order valence-corrected chi connectivity index (χ4v) is 2.81. The highest BCUT2D eigenvalue weighted by atomic mass is 16.3. The van der Waals surface area contributed by atoms with Crippen LogP contribution in [0.5, 0.6) is 5.75 Å². The zero-order valence-electron chi connectivity index (χ0n) is 13.1. The third kappa shape index (κ3) is 3.14. The monoisotopic (exact) mass is 304 g/mol. The Bertz CT molecular complexity index is 786. The number of hydrogen-bond donors (Lipinski definition) is 3. The predicted octanol–water partition coefficient (Wildman–Crippen LogP) is 4.12. The van der Waals surface area contributed by atoms with Crippen molar-refractivity contribution in [3.8, 4) is 16.9 Å². The van der Waals surface area contributed by atoms with Crippen LogP contribution in [0.2, 0.25) is 0 Å². The fraction of sp³-hybridized carbons (Fsp3) is 0.100. The minimum absolute atomic E-state index is 0.368. The molecule has 3 aromatic carbocycles. The van der Waals surface area contributed by atoms with Crippen LogP contribution in [0.3, 0.4) is 0 Å². The average molecular weight is 304 g/mol. The Morgan fingerprint density at radius 1 is 0.783 bits per heavy atom. The number of fused-ring (bicyclic) bond motifs is 3. The number of rotatable bonds is 0. The van der Waals surface area contributed by atoms with Crippen molar-refractivity contribution in [1.82, 2.24) is 0 Å². The van der Waals surface area contributed by atoms with E-state index in [1.165, 1.54) is 22.3 Å². The first-order valence-electron chi connectivity index (χ1n) is 7.56. The second-order valence-electron chi connectivity index (χ2n) is 5.80. The summed E-state index contributed by atoms with van der Waals surface area (Å²) in [7, 11) is 0. The van der Waals surface area contributed by atoms with Gasteiger partial charge in [-0.1, -0.05) is 30.3 Å². The highest BCUT2D eigenvalue weighted by molar-refractivity contribution is 5.79. The van der Waals surface area contributed by atoms with Crippen LogP contribution in [0.25, 0.3) is 11.1 Å². The first kappa shape index (κ1) is 15.0. The van der Waals surface area contributed by atoms with E-state index >= 15 is 0 Å². The number of phenols is 1. The van der Waals surface area contributed by atoms with Crippen LogP contribution in [0.1, 0.15) is 16.7 Å². The van der Waals surface area contributed by atoms with Crippen molar-refractivity contribution < 1.29 is 5.11 Å². The predicted molar refractivity (Wildman–Crippen MR) is 96.4 cm³/mol. The number of benzene rings is 3. The van der Waals surface area contributed by atoms with E-state index < -0.39 is 0 Å². The molecule has 23 heavy (non-hydrogen) atoms. The molecule has 4 rings (SSSR count). The molecule has 3 nitrogen and oxygen atoms in total. The Morgan fingerprint density at radius 2 is 1.30 bits per heavy atom. The van der Waals surface area contributed by atoms with E-state index in [1.54, 1.807) is 6.07 Å². The molecule has 0 fully saturated rings. The molecule has 0 saturated carbocycles. The summed E-state index contributed by atoms with van der Waals surface area (Å²) in [5.41, 5.74) is 19.3. The Morgan fingerprint density at radius 3 is 1.74 bits per heavy atom. The smallest absolute Gasteiger partial charge is 0.118 e. The summed E-state index contributed by atoms with van der Waals surface area (Å²) >= 11 is 0. The lowest BCUT2D eigenvalue weighted by atomic mass is 10.1. The van der Waals surface area contributed by atoms with Crippen LogP contribution in [0, 0.1) is 6.92 Å². The lowest BCUT2D eigenvalue weighted by molar-refractivity contribution is 0.471. The average Bonchev–Trinajstić information content (AvgIpc) is 2.87. The second-order valence-corrected chi connectivity index (χ2v) is 5.80. The van der Waals surface area contributed by atoms with Crippen LogP contribution in [-0.2, 0) is 6.42 Å². The Labute approximate surface area is 136 Å². The standard InChI is InChI=1S/C13H12N2.C7H8O/c14-10-1-3-12-8(6-10)5-9-7-11(15)2-4-13(9)12;1-6-4-2-3-5-7(6)8/h1-4,6-7H,5,14-15H2;2-5,8H,1H3. The van der Waals surface area contributed by atoms with Crippen molar-refractivity contribution in [2.24, 2.45) is 0 Å². The first-order chi connectivity index (χ1) is 11.0. The lowest BCUT2D eigenvalue weighted by Crippen LogP contribution is -1.87. The zero-order valence-corrected chi connectivity index (χ0v) is 13.1. The normalized spacial score (nSPS) is 11.2. The maximum Gasteiger partial charge on any atom is 0.118 e. The van der Waals surface area contributed by atoms with Gasteiger partial charge in [-0.05, 0) is 71.5 Å². The third-order valence-electron chi connectivity index (χ3n) is 4.05. The van der Waals surface area contributed by atoms with Gasteiger partial charge in [-0.25, -0.2) is 0 Å². The van der Waals surface area contributed by atoms with Gasteiger partial charge in [0.2, 0.25) is 0 Å². The molecule has 1 aliphatic rings. The quantitative estimate of drug-likeness (QED) is 0.428. The Balaban J connectivity index is 0.000000166. The molecule has 0 heterocycles. The summed E-state index contributed by atoms with van der Waals surface area (Å²) in [5.74, 6) is 0.368. The van der Waals surface area contributed by atoms with Crippen LogP contribution in [0.4, 0.5) is 11.4 Å². The number of hydrogen-bond acceptors (Lipinski definition) is 3. The fourth-order valence-electron chi connectivity index (χ4n) is 2.81. The number of aromatic hydroxyl groups is 1. The Hall–Kier alpha value is -2.94. The molecule has 0 amide bonds. The highest BCUT2D eigenvalue weighted by Gasteiger charge is 2.17. The molecule has 116 valence electrons. The number of nitrogens with two attached hydrogens (primary N) is 2. The summed E-state index contributed by atoms with van der Waals surface area (Å²) in [4.78, 5) is 0. The number of para-hydroxylation sites is 1. The van der Waals surface area contributed by atoms with Crippen molar-refractivity contribution in [2.75, 3.05) is 11.5 Å². The maximum absolute atomic E-state index is 8.92. The minimum atomic E-state index is 0.368. The van der Waals surface area contributed by atoms with Gasteiger partial charge in [0.25, 0.3) is 0 Å². The number of anilines is 2. The van der Waals surface area contributed by atoms with Crippen LogP contribution in [0.15, 0.2) is 60.7 Å². The molecule has 5 N–H and O–H groups in total. The van der Waals surface area contributed by atoms with Gasteiger partial charge in [-0.3, -0.25) is 0 Å². The molecule has 0 aliphatic heterocycles. The summed E-state index contributed by atoms with van der Waals surface area (Å²) in [6.07, 6.45) is 0.945. The molecule has 0 spiro atoms. The van der Waals surface area contributed by atoms with E-state index in [9.17, 15) is 0 Å². The molecule has 0 atom stereocenters. The lowest BCUT2D eigenvalue weighted by Gasteiger charge is -2.01. The molecule has 3 heteroatoms. The van der Waals surface area contributed by atoms with E-state index in [0.717, 1.165) is 23.4 Å². The Kier molecular flexibility index (Phi) is 3.94. The van der Waals surface area contributed by atoms with Crippen LogP contribution < -0.4 is 11.5 Å². The van der Waals surface area contributed by atoms with Gasteiger partial charge in [0.05, 0.1) is 0 Å². The molecular weight excluding hydrogens is 284 g/mol. The van der Waals surface area contributed by atoms with E-state index in [2.05, 4.69) is 12.1 Å². The molecule has 1 aliphatic carbocycles. The van der Waals surface area contributed by atoms with Crippen molar-refractivity contribution in [3.05, 3.63) is 77.4 Å². The van der Waals surface area contributed by atoms with Crippen LogP contribution >= 0.6 is 0 Å². The maximum atomic E-state index is 8.92. The summed E-state index contributed by atoms with van der Waals surface area (Å²) < 4.78 is 0. The van der Waals surface area contributed by atoms with E-state index in [0.29, 0.717) is 5.75 Å². The summed E-state index contributed by atoms with van der Waals surface area (Å²) in [6, 6.07) is 19.4. The van der Waals surface area contributed by atoms with Gasteiger partial charge in [0, 0.05) is 11.4 Å². The van der Waals surface area contributed by atoms with Gasteiger partial charge >= 0.3 is 0 Å². The van der Waals surface area contributed by atoms with Crippen molar-refractivity contribution in [3.63, 3.8) is 0 Å². The van der Waals surface area contributed by atoms with Crippen LogP contribution in [-0.4, -0.2) is 5.11 Å². The van der Waals surface area contributed by atoms with Gasteiger partial charge in [0.15, 0.2) is 0 Å². The molecule has 0 saturated heterocycles. The topological polar surface area (TPSA) is 72.3 Å². The van der Waals surface area contributed by atoms with Gasteiger partial charge in [-0.15, -0.1) is 0 Å². The minimum Gasteiger partial charge on any atom is -0.508 e. The van der Waals surface area contributed by atoms with Crippen molar-refractivity contribution >= 4 is 11.4 Å². The SMILES string of the molecule is Cc1ccccc1O.Nc1ccc2c(c1)Cc1cc(N)ccc1-2. The molecule has 0 bridgehead atoms. The van der Waals surface area contributed by atoms with Gasteiger partial charge < -0.3 is 16.6 Å². The van der Waals surface area contributed by atoms with Gasteiger partial charge in [0.1, 0.15) is 5.75 Å². The summed E-state index contributed by atoms with van der Waals surface area (Å²) in [6.45, 7) is 1.87. The third-order valence-corrected chi connectivity index (χ3v) is 4.05. The zero-order chi connectivity index (χ0) is 16.4. The molecule has 0 aromatic heterocycles. The molecule has 3 aromatic rings. The largest absolute Gasteiger partial charge is 0.508 e. The van der Waals surface area contributed by atoms with E-state index in [4.69, 9.17) is 16.6 Å². The second kappa shape index (κ2) is 6.05. The van der Waals surface area contributed by atoms with E-state index in [1.807, 2.05) is 49.4 Å². The molecular formula is C20H20N2O. The number of aryl methyl sites for hydroxylation is 1. The van der Waals surface area contributed by atoms with Crippen molar-refractivity contribution in [1.29, 1.82) is 0 Å². The molecule has 0 radical (unpaired) electrons.